The summed E-state index contributed by atoms with van der Waals surface area (Å²) in [6.45, 7) is 0. The van der Waals surface area contributed by atoms with E-state index < -0.39 is 11.7 Å². The molecular weight excluding hydrogens is 295 g/mol. The van der Waals surface area contributed by atoms with E-state index in [4.69, 9.17) is 0 Å². The van der Waals surface area contributed by atoms with Crippen LogP contribution in [0.25, 0.3) is 0 Å². The zero-order valence-corrected chi connectivity index (χ0v) is 12.7. The molecule has 2 aromatic rings. The Kier molecular flexibility index (Phi) is 4.10. The number of carbonyl (C=O) groups excluding carboxylic acids is 2. The van der Waals surface area contributed by atoms with Crippen LogP contribution in [0.1, 0.15) is 18.0 Å². The van der Waals surface area contributed by atoms with Crippen molar-refractivity contribution >= 4 is 17.5 Å². The van der Waals surface area contributed by atoms with Gasteiger partial charge in [0.05, 0.1) is 17.6 Å². The van der Waals surface area contributed by atoms with E-state index in [1.807, 2.05) is 30.3 Å². The van der Waals surface area contributed by atoms with E-state index in [2.05, 4.69) is 5.32 Å². The highest BCUT2D eigenvalue weighted by atomic mass is 19.1. The molecule has 0 radical (unpaired) electrons. The first-order chi connectivity index (χ1) is 11.1. The summed E-state index contributed by atoms with van der Waals surface area (Å²) in [6.07, 6.45) is 0.121. The molecule has 2 amide bonds. The number of amides is 2. The van der Waals surface area contributed by atoms with E-state index in [0.717, 1.165) is 5.56 Å². The third kappa shape index (κ3) is 2.95. The SMILES string of the molecule is CN1C(=O)CC(C(=O)Nc2ccccc2F)C1c1ccccc1. The number of hydrogen-bond donors (Lipinski definition) is 1. The molecule has 1 aliphatic rings. The Morgan fingerprint density at radius 2 is 1.78 bits per heavy atom. The number of nitrogens with zero attached hydrogens (tertiary/aromatic N) is 1. The molecule has 2 aromatic carbocycles. The van der Waals surface area contributed by atoms with Gasteiger partial charge in [0.1, 0.15) is 5.82 Å². The van der Waals surface area contributed by atoms with Gasteiger partial charge in [-0.2, -0.15) is 0 Å². The normalized spacial score (nSPS) is 20.6. The summed E-state index contributed by atoms with van der Waals surface area (Å²) in [4.78, 5) is 26.2. The van der Waals surface area contributed by atoms with Gasteiger partial charge < -0.3 is 10.2 Å². The molecule has 23 heavy (non-hydrogen) atoms. The van der Waals surface area contributed by atoms with Gasteiger partial charge in [0.15, 0.2) is 0 Å². The summed E-state index contributed by atoms with van der Waals surface area (Å²) in [5.74, 6) is -1.47. The van der Waals surface area contributed by atoms with Crippen LogP contribution in [0, 0.1) is 11.7 Å². The summed E-state index contributed by atoms with van der Waals surface area (Å²) in [5, 5.41) is 2.60. The highest BCUT2D eigenvalue weighted by Crippen LogP contribution is 2.37. The van der Waals surface area contributed by atoms with Crippen molar-refractivity contribution in [3.8, 4) is 0 Å². The van der Waals surface area contributed by atoms with Gasteiger partial charge in [-0.3, -0.25) is 9.59 Å². The molecule has 3 rings (SSSR count). The molecule has 1 heterocycles. The third-order valence-electron chi connectivity index (χ3n) is 4.20. The lowest BCUT2D eigenvalue weighted by molar-refractivity contribution is -0.127. The molecule has 2 atom stereocenters. The van der Waals surface area contributed by atoms with Crippen LogP contribution in [0.3, 0.4) is 0 Å². The van der Waals surface area contributed by atoms with E-state index >= 15 is 0 Å². The standard InChI is InChI=1S/C18H17FN2O2/c1-21-16(22)11-13(17(21)12-7-3-2-4-8-12)18(23)20-15-10-6-5-9-14(15)19/h2-10,13,17H,11H2,1H3,(H,20,23). The Hall–Kier alpha value is -2.69. The lowest BCUT2D eigenvalue weighted by atomic mass is 9.93. The topological polar surface area (TPSA) is 49.4 Å². The minimum absolute atomic E-state index is 0.0902. The predicted molar refractivity (Wildman–Crippen MR) is 85.1 cm³/mol. The average Bonchev–Trinajstić information content (AvgIpc) is 2.86. The number of halogens is 1. The zero-order valence-electron chi connectivity index (χ0n) is 12.7. The van der Waals surface area contributed by atoms with Gasteiger partial charge in [-0.15, -0.1) is 0 Å². The van der Waals surface area contributed by atoms with E-state index in [0.29, 0.717) is 0 Å². The second-order valence-corrected chi connectivity index (χ2v) is 5.64. The molecule has 0 spiro atoms. The van der Waals surface area contributed by atoms with Crippen molar-refractivity contribution in [2.75, 3.05) is 12.4 Å². The van der Waals surface area contributed by atoms with Crippen LogP contribution >= 0.6 is 0 Å². The maximum Gasteiger partial charge on any atom is 0.230 e. The van der Waals surface area contributed by atoms with Crippen LogP contribution in [0.5, 0.6) is 0 Å². The second kappa shape index (κ2) is 6.20. The van der Waals surface area contributed by atoms with Crippen LogP contribution in [-0.2, 0) is 9.59 Å². The van der Waals surface area contributed by atoms with Crippen molar-refractivity contribution < 1.29 is 14.0 Å². The van der Waals surface area contributed by atoms with Crippen LogP contribution < -0.4 is 5.32 Å². The monoisotopic (exact) mass is 312 g/mol. The van der Waals surface area contributed by atoms with Gasteiger partial charge in [-0.1, -0.05) is 42.5 Å². The highest BCUT2D eigenvalue weighted by Gasteiger charge is 2.42. The summed E-state index contributed by atoms with van der Waals surface area (Å²) < 4.78 is 13.7. The van der Waals surface area contributed by atoms with Crippen LogP contribution in [0.15, 0.2) is 54.6 Å². The number of benzene rings is 2. The molecule has 2 unspecified atom stereocenters. The first-order valence-corrected chi connectivity index (χ1v) is 7.44. The van der Waals surface area contributed by atoms with Crippen LogP contribution in [0.2, 0.25) is 0 Å². The first-order valence-electron chi connectivity index (χ1n) is 7.44. The number of carbonyl (C=O) groups is 2. The number of hydrogen-bond acceptors (Lipinski definition) is 2. The Morgan fingerprint density at radius 3 is 2.48 bits per heavy atom. The van der Waals surface area contributed by atoms with Crippen LogP contribution in [0.4, 0.5) is 10.1 Å². The maximum atomic E-state index is 13.7. The smallest absolute Gasteiger partial charge is 0.230 e. The van der Waals surface area contributed by atoms with Gasteiger partial charge in [-0.25, -0.2) is 4.39 Å². The summed E-state index contributed by atoms with van der Waals surface area (Å²) in [6, 6.07) is 15.1. The number of nitrogens with one attached hydrogen (secondary N) is 1. The quantitative estimate of drug-likeness (QED) is 0.947. The highest BCUT2D eigenvalue weighted by molar-refractivity contribution is 5.98. The van der Waals surface area contributed by atoms with Crippen molar-refractivity contribution in [1.82, 2.24) is 4.90 Å². The van der Waals surface area contributed by atoms with Crippen molar-refractivity contribution in [3.63, 3.8) is 0 Å². The minimum atomic E-state index is -0.547. The number of anilines is 1. The van der Waals surface area contributed by atoms with E-state index in [1.165, 1.54) is 12.1 Å². The molecule has 1 saturated heterocycles. The van der Waals surface area contributed by atoms with Gasteiger partial charge in [0, 0.05) is 13.5 Å². The number of para-hydroxylation sites is 1. The molecule has 0 aromatic heterocycles. The molecule has 1 N–H and O–H groups in total. The minimum Gasteiger partial charge on any atom is -0.338 e. The summed E-state index contributed by atoms with van der Waals surface area (Å²) in [7, 11) is 1.69. The Balaban J connectivity index is 1.86. The van der Waals surface area contributed by atoms with Crippen molar-refractivity contribution in [2.45, 2.75) is 12.5 Å². The lowest BCUT2D eigenvalue weighted by Crippen LogP contribution is -2.30. The molecule has 0 bridgehead atoms. The number of likely N-dealkylation sites (tertiary alicyclic amines) is 1. The van der Waals surface area contributed by atoms with Crippen molar-refractivity contribution in [3.05, 3.63) is 66.0 Å². The molecule has 0 saturated carbocycles. The molecule has 1 fully saturated rings. The fraction of sp³-hybridized carbons (Fsp3) is 0.222. The van der Waals surface area contributed by atoms with Gasteiger partial charge in [0.2, 0.25) is 11.8 Å². The largest absolute Gasteiger partial charge is 0.338 e. The van der Waals surface area contributed by atoms with E-state index in [-0.39, 0.29) is 30.0 Å². The maximum absolute atomic E-state index is 13.7. The van der Waals surface area contributed by atoms with E-state index in [9.17, 15) is 14.0 Å². The van der Waals surface area contributed by atoms with E-state index in [1.54, 1.807) is 24.1 Å². The Bertz CT molecular complexity index is 733. The van der Waals surface area contributed by atoms with Crippen molar-refractivity contribution in [1.29, 1.82) is 0 Å². The molecule has 4 nitrogen and oxygen atoms in total. The molecule has 0 aliphatic carbocycles. The Labute approximate surface area is 133 Å². The summed E-state index contributed by atoms with van der Waals surface area (Å²) >= 11 is 0. The van der Waals surface area contributed by atoms with Crippen molar-refractivity contribution in [2.24, 2.45) is 5.92 Å². The fourth-order valence-corrected chi connectivity index (χ4v) is 3.00. The second-order valence-electron chi connectivity index (χ2n) is 5.64. The molecular formula is C18H17FN2O2. The van der Waals surface area contributed by atoms with Crippen LogP contribution in [-0.4, -0.2) is 23.8 Å². The predicted octanol–water partition coefficient (Wildman–Crippen LogP) is 2.98. The Morgan fingerprint density at radius 1 is 1.13 bits per heavy atom. The van der Waals surface area contributed by atoms with Gasteiger partial charge in [0.25, 0.3) is 0 Å². The van der Waals surface area contributed by atoms with Gasteiger partial charge in [-0.05, 0) is 17.7 Å². The third-order valence-corrected chi connectivity index (χ3v) is 4.20. The fourth-order valence-electron chi connectivity index (χ4n) is 3.00. The molecule has 118 valence electrons. The lowest BCUT2D eigenvalue weighted by Gasteiger charge is -2.25. The average molecular weight is 312 g/mol. The zero-order chi connectivity index (χ0) is 16.4. The number of rotatable bonds is 3. The molecule has 5 heteroatoms. The van der Waals surface area contributed by atoms with Gasteiger partial charge >= 0.3 is 0 Å². The first kappa shape index (κ1) is 15.2. The molecule has 1 aliphatic heterocycles. The summed E-state index contributed by atoms with van der Waals surface area (Å²) in [5.41, 5.74) is 1.03.